The molecule has 2 rings (SSSR count). The summed E-state index contributed by atoms with van der Waals surface area (Å²) in [5, 5.41) is 8.87. The molecular formula is C14H14F3N3O3. The van der Waals surface area contributed by atoms with Gasteiger partial charge in [-0.25, -0.2) is 9.78 Å². The Balaban J connectivity index is 1.94. The highest BCUT2D eigenvalue weighted by atomic mass is 19.4. The molecule has 1 aliphatic rings. The van der Waals surface area contributed by atoms with Gasteiger partial charge in [0.1, 0.15) is 12.4 Å². The Kier molecular flexibility index (Phi) is 4.87. The number of ether oxygens (including phenoxy) is 1. The third kappa shape index (κ3) is 4.97. The van der Waals surface area contributed by atoms with E-state index in [1.807, 2.05) is 4.90 Å². The average molecular weight is 329 g/mol. The summed E-state index contributed by atoms with van der Waals surface area (Å²) in [6.07, 6.45) is -1.54. The number of carbonyl (C=O) groups is 1. The predicted molar refractivity (Wildman–Crippen MR) is 75.0 cm³/mol. The number of hydrogen-bond acceptors (Lipinski definition) is 5. The van der Waals surface area contributed by atoms with Gasteiger partial charge in [0, 0.05) is 24.5 Å². The Labute approximate surface area is 129 Å². The van der Waals surface area contributed by atoms with E-state index in [1.54, 1.807) is 13.0 Å². The molecule has 0 aromatic carbocycles. The fraction of sp³-hybridized carbons (Fsp3) is 0.357. The molecule has 0 bridgehead atoms. The van der Waals surface area contributed by atoms with E-state index in [0.717, 1.165) is 11.3 Å². The molecule has 6 nitrogen and oxygen atoms in total. The highest BCUT2D eigenvalue weighted by Gasteiger charge is 2.28. The van der Waals surface area contributed by atoms with E-state index in [0.29, 0.717) is 6.54 Å². The molecule has 0 radical (unpaired) electrons. The van der Waals surface area contributed by atoms with Crippen LogP contribution >= 0.6 is 0 Å². The smallest absolute Gasteiger partial charge is 0.422 e. The lowest BCUT2D eigenvalue weighted by Crippen LogP contribution is -2.28. The number of aromatic nitrogens is 1. The molecule has 0 unspecified atom stereocenters. The summed E-state index contributed by atoms with van der Waals surface area (Å²) in [6, 6.07) is 2.96. The zero-order valence-electron chi connectivity index (χ0n) is 12.2. The molecule has 1 N–H and O–H groups in total. The zero-order valence-corrected chi connectivity index (χ0v) is 12.2. The van der Waals surface area contributed by atoms with Gasteiger partial charge >= 0.3 is 12.1 Å². The van der Waals surface area contributed by atoms with Gasteiger partial charge in [-0.05, 0) is 18.6 Å². The van der Waals surface area contributed by atoms with Crippen LogP contribution in [0, 0.1) is 0 Å². The molecule has 0 fully saturated rings. The minimum atomic E-state index is -4.41. The maximum absolute atomic E-state index is 12.0. The lowest BCUT2D eigenvalue weighted by molar-refractivity contribution is -0.154. The van der Waals surface area contributed by atoms with Crippen LogP contribution in [0.4, 0.5) is 13.2 Å². The molecule has 0 spiro atoms. The zero-order chi connectivity index (χ0) is 17.0. The van der Waals surface area contributed by atoms with Crippen molar-refractivity contribution in [2.75, 3.05) is 13.3 Å². The molecule has 0 amide bonds. The van der Waals surface area contributed by atoms with Crippen LogP contribution in [0.1, 0.15) is 12.5 Å². The van der Waals surface area contributed by atoms with Gasteiger partial charge in [0.25, 0.3) is 0 Å². The summed E-state index contributed by atoms with van der Waals surface area (Å²) in [5.74, 6) is -1.19. The van der Waals surface area contributed by atoms with Crippen LogP contribution in [0.2, 0.25) is 0 Å². The van der Waals surface area contributed by atoms with Crippen LogP contribution in [0.3, 0.4) is 0 Å². The molecule has 23 heavy (non-hydrogen) atoms. The number of hydrogen-bond donors (Lipinski definition) is 1. The first-order chi connectivity index (χ1) is 10.7. The SMILES string of the molecule is CC1=CC(C(=O)O)=NCN1Cc1ccc(OCC(F)(F)F)nc1. The highest BCUT2D eigenvalue weighted by Crippen LogP contribution is 2.18. The summed E-state index contributed by atoms with van der Waals surface area (Å²) in [7, 11) is 0. The molecule has 1 aromatic heterocycles. The van der Waals surface area contributed by atoms with Crippen molar-refractivity contribution >= 4 is 11.7 Å². The number of rotatable bonds is 5. The molecule has 1 aliphatic heterocycles. The van der Waals surface area contributed by atoms with E-state index in [1.165, 1.54) is 18.3 Å². The minimum Gasteiger partial charge on any atom is -0.477 e. The summed E-state index contributed by atoms with van der Waals surface area (Å²) in [4.78, 5) is 20.4. The first-order valence-electron chi connectivity index (χ1n) is 6.60. The quantitative estimate of drug-likeness (QED) is 0.896. The Morgan fingerprint density at radius 1 is 1.43 bits per heavy atom. The number of aliphatic carboxylic acids is 1. The first kappa shape index (κ1) is 16.8. The van der Waals surface area contributed by atoms with Crippen LogP contribution in [0.15, 0.2) is 35.1 Å². The van der Waals surface area contributed by atoms with E-state index < -0.39 is 18.8 Å². The first-order valence-corrected chi connectivity index (χ1v) is 6.60. The van der Waals surface area contributed by atoms with Crippen molar-refractivity contribution in [1.82, 2.24) is 9.88 Å². The summed E-state index contributed by atoms with van der Waals surface area (Å²) >= 11 is 0. The number of pyridine rings is 1. The van der Waals surface area contributed by atoms with E-state index >= 15 is 0 Å². The number of carboxylic acid groups (broad SMARTS) is 1. The Morgan fingerprint density at radius 3 is 2.70 bits per heavy atom. The van der Waals surface area contributed by atoms with Crippen molar-refractivity contribution in [2.45, 2.75) is 19.6 Å². The van der Waals surface area contributed by atoms with Gasteiger partial charge in [0.2, 0.25) is 5.88 Å². The van der Waals surface area contributed by atoms with Crippen LogP contribution < -0.4 is 4.74 Å². The predicted octanol–water partition coefficient (Wildman–Crippen LogP) is 2.23. The lowest BCUT2D eigenvalue weighted by Gasteiger charge is -2.26. The molecule has 0 atom stereocenters. The number of allylic oxidation sites excluding steroid dienone is 1. The van der Waals surface area contributed by atoms with Crippen molar-refractivity contribution in [3.8, 4) is 5.88 Å². The van der Waals surface area contributed by atoms with Gasteiger partial charge in [-0.1, -0.05) is 6.07 Å². The molecule has 0 saturated carbocycles. The van der Waals surface area contributed by atoms with Gasteiger partial charge in [-0.3, -0.25) is 4.99 Å². The van der Waals surface area contributed by atoms with E-state index in [9.17, 15) is 18.0 Å². The Morgan fingerprint density at radius 2 is 2.17 bits per heavy atom. The van der Waals surface area contributed by atoms with Crippen LogP contribution in [-0.2, 0) is 11.3 Å². The van der Waals surface area contributed by atoms with E-state index in [-0.39, 0.29) is 18.3 Å². The van der Waals surface area contributed by atoms with Crippen molar-refractivity contribution < 1.29 is 27.8 Å². The summed E-state index contributed by atoms with van der Waals surface area (Å²) < 4.78 is 40.7. The lowest BCUT2D eigenvalue weighted by atomic mass is 10.2. The van der Waals surface area contributed by atoms with Crippen LogP contribution in [0.25, 0.3) is 0 Å². The third-order valence-electron chi connectivity index (χ3n) is 3.03. The van der Waals surface area contributed by atoms with Gasteiger partial charge in [-0.15, -0.1) is 0 Å². The fourth-order valence-electron chi connectivity index (χ4n) is 1.88. The number of alkyl halides is 3. The number of nitrogens with zero attached hydrogens (tertiary/aromatic N) is 3. The van der Waals surface area contributed by atoms with Crippen molar-refractivity contribution in [3.05, 3.63) is 35.7 Å². The maximum atomic E-state index is 12.0. The molecule has 0 saturated heterocycles. The second-order valence-corrected chi connectivity index (χ2v) is 4.88. The van der Waals surface area contributed by atoms with Gasteiger partial charge < -0.3 is 14.7 Å². The van der Waals surface area contributed by atoms with Gasteiger partial charge in [0.05, 0.1) is 0 Å². The topological polar surface area (TPSA) is 75.0 Å². The van der Waals surface area contributed by atoms with Crippen molar-refractivity contribution in [3.63, 3.8) is 0 Å². The monoisotopic (exact) mass is 329 g/mol. The van der Waals surface area contributed by atoms with Crippen LogP contribution in [0.5, 0.6) is 5.88 Å². The van der Waals surface area contributed by atoms with Gasteiger partial charge in [0.15, 0.2) is 6.61 Å². The summed E-state index contributed by atoms with van der Waals surface area (Å²) in [5.41, 5.74) is 1.47. The van der Waals surface area contributed by atoms with E-state index in [4.69, 9.17) is 5.11 Å². The molecule has 1 aromatic rings. The Hall–Kier alpha value is -2.58. The summed E-state index contributed by atoms with van der Waals surface area (Å²) in [6.45, 7) is 0.966. The largest absolute Gasteiger partial charge is 0.477 e. The Bertz CT molecular complexity index is 639. The number of halogens is 3. The standard InChI is InChI=1S/C14H14F3N3O3/c1-9-4-11(13(21)22)19-8-20(9)6-10-2-3-12(18-5-10)23-7-14(15,16)17/h2-5H,6-8H2,1H3,(H,21,22). The van der Waals surface area contributed by atoms with Crippen LogP contribution in [-0.4, -0.2) is 46.1 Å². The molecule has 0 aliphatic carbocycles. The van der Waals surface area contributed by atoms with E-state index in [2.05, 4.69) is 14.7 Å². The van der Waals surface area contributed by atoms with Crippen molar-refractivity contribution in [1.29, 1.82) is 0 Å². The molecular weight excluding hydrogens is 315 g/mol. The number of carboxylic acids is 1. The fourth-order valence-corrected chi connectivity index (χ4v) is 1.88. The second-order valence-electron chi connectivity index (χ2n) is 4.88. The van der Waals surface area contributed by atoms with Gasteiger partial charge in [-0.2, -0.15) is 13.2 Å². The molecule has 9 heteroatoms. The van der Waals surface area contributed by atoms with Crippen molar-refractivity contribution in [2.24, 2.45) is 4.99 Å². The average Bonchev–Trinajstić information content (AvgIpc) is 2.47. The normalized spacial score (nSPS) is 15.0. The highest BCUT2D eigenvalue weighted by molar-refractivity contribution is 6.40. The maximum Gasteiger partial charge on any atom is 0.422 e. The minimum absolute atomic E-state index is 0.00669. The molecule has 124 valence electrons. The second kappa shape index (κ2) is 6.67. The third-order valence-corrected chi connectivity index (χ3v) is 3.03. The number of aliphatic imine (C=N–C) groups is 1. The molecule has 2 heterocycles.